The van der Waals surface area contributed by atoms with Crippen molar-refractivity contribution in [3.63, 3.8) is 0 Å². The topological polar surface area (TPSA) is 88.9 Å². The first-order valence-corrected chi connectivity index (χ1v) is 8.75. The monoisotopic (exact) mass is 363 g/mol. The summed E-state index contributed by atoms with van der Waals surface area (Å²) in [4.78, 5) is 28.2. The summed E-state index contributed by atoms with van der Waals surface area (Å²) in [5.74, 6) is -0.212. The first kappa shape index (κ1) is 18.3. The first-order valence-electron chi connectivity index (χ1n) is 8.75. The molecular weight excluding hydrogens is 342 g/mol. The van der Waals surface area contributed by atoms with Crippen LogP contribution >= 0.6 is 0 Å². The minimum atomic E-state index is -0.179. The lowest BCUT2D eigenvalue weighted by atomic mass is 10.1. The Labute approximate surface area is 157 Å². The van der Waals surface area contributed by atoms with Gasteiger partial charge in [-0.05, 0) is 36.2 Å². The van der Waals surface area contributed by atoms with E-state index >= 15 is 0 Å². The normalized spacial score (nSPS) is 10.4. The van der Waals surface area contributed by atoms with E-state index in [1.165, 1.54) is 6.33 Å². The molecule has 0 saturated heterocycles. The number of carbonyl (C=O) groups excluding carboxylic acids is 2. The number of nitrogens with zero attached hydrogens (tertiary/aromatic N) is 3. The van der Waals surface area contributed by atoms with Gasteiger partial charge in [-0.25, -0.2) is 4.98 Å². The van der Waals surface area contributed by atoms with E-state index < -0.39 is 0 Å². The summed E-state index contributed by atoms with van der Waals surface area (Å²) in [6.07, 6.45) is 4.20. The van der Waals surface area contributed by atoms with Crippen LogP contribution in [0.3, 0.4) is 0 Å². The van der Waals surface area contributed by atoms with E-state index in [4.69, 9.17) is 0 Å². The molecule has 27 heavy (non-hydrogen) atoms. The van der Waals surface area contributed by atoms with Crippen molar-refractivity contribution in [3.05, 3.63) is 78.4 Å². The standard InChI is InChI=1S/C20H21N5O2/c26-19(10-5-11-25-15-21-14-23-25)22-13-16-6-4-7-17(12-16)20(27)24-18-8-2-1-3-9-18/h1-4,6-9,12,14-15H,5,10-11,13H2,(H,22,26)(H,24,27). The highest BCUT2D eigenvalue weighted by Crippen LogP contribution is 2.10. The lowest BCUT2D eigenvalue weighted by Gasteiger charge is -2.08. The van der Waals surface area contributed by atoms with Gasteiger partial charge in [-0.15, -0.1) is 0 Å². The quantitative estimate of drug-likeness (QED) is 0.644. The third kappa shape index (κ3) is 5.78. The largest absolute Gasteiger partial charge is 0.352 e. The Morgan fingerprint density at radius 2 is 1.89 bits per heavy atom. The molecular formula is C20H21N5O2. The number of nitrogens with one attached hydrogen (secondary N) is 2. The van der Waals surface area contributed by atoms with Crippen LogP contribution < -0.4 is 10.6 Å². The maximum Gasteiger partial charge on any atom is 0.255 e. The van der Waals surface area contributed by atoms with Gasteiger partial charge in [-0.2, -0.15) is 5.10 Å². The van der Waals surface area contributed by atoms with Crippen molar-refractivity contribution in [1.82, 2.24) is 20.1 Å². The van der Waals surface area contributed by atoms with Gasteiger partial charge in [0.15, 0.2) is 0 Å². The van der Waals surface area contributed by atoms with Crippen molar-refractivity contribution in [2.75, 3.05) is 5.32 Å². The van der Waals surface area contributed by atoms with Gasteiger partial charge in [0, 0.05) is 30.8 Å². The average molecular weight is 363 g/mol. The fourth-order valence-corrected chi connectivity index (χ4v) is 2.59. The number of aromatic nitrogens is 3. The second-order valence-electron chi connectivity index (χ2n) is 6.06. The van der Waals surface area contributed by atoms with Crippen molar-refractivity contribution >= 4 is 17.5 Å². The first-order chi connectivity index (χ1) is 13.2. The Kier molecular flexibility index (Phi) is 6.30. The summed E-state index contributed by atoms with van der Waals surface area (Å²) in [5, 5.41) is 9.73. The van der Waals surface area contributed by atoms with Crippen LogP contribution in [0.4, 0.5) is 5.69 Å². The van der Waals surface area contributed by atoms with Crippen molar-refractivity contribution in [2.45, 2.75) is 25.9 Å². The molecule has 0 saturated carbocycles. The van der Waals surface area contributed by atoms with Gasteiger partial charge < -0.3 is 10.6 Å². The van der Waals surface area contributed by atoms with Gasteiger partial charge in [0.05, 0.1) is 0 Å². The number of hydrogen-bond donors (Lipinski definition) is 2. The smallest absolute Gasteiger partial charge is 0.255 e. The van der Waals surface area contributed by atoms with E-state index in [1.807, 2.05) is 42.5 Å². The molecule has 7 heteroatoms. The minimum Gasteiger partial charge on any atom is -0.352 e. The molecule has 0 spiro atoms. The zero-order valence-corrected chi connectivity index (χ0v) is 14.8. The maximum atomic E-state index is 12.3. The van der Waals surface area contributed by atoms with Gasteiger partial charge in [0.2, 0.25) is 5.91 Å². The predicted molar refractivity (Wildman–Crippen MR) is 102 cm³/mol. The average Bonchev–Trinajstić information content (AvgIpc) is 3.21. The van der Waals surface area contributed by atoms with Gasteiger partial charge >= 0.3 is 0 Å². The number of para-hydroxylation sites is 1. The molecule has 0 aliphatic rings. The van der Waals surface area contributed by atoms with Gasteiger partial charge in [0.1, 0.15) is 12.7 Å². The number of benzene rings is 2. The van der Waals surface area contributed by atoms with Crippen molar-refractivity contribution < 1.29 is 9.59 Å². The van der Waals surface area contributed by atoms with E-state index in [-0.39, 0.29) is 11.8 Å². The summed E-state index contributed by atoms with van der Waals surface area (Å²) < 4.78 is 1.70. The highest BCUT2D eigenvalue weighted by molar-refractivity contribution is 6.04. The molecule has 138 valence electrons. The minimum absolute atomic E-state index is 0.0331. The molecule has 7 nitrogen and oxygen atoms in total. The number of aryl methyl sites for hydroxylation is 1. The molecule has 1 heterocycles. The molecule has 3 aromatic rings. The predicted octanol–water partition coefficient (Wildman–Crippen LogP) is 2.63. The molecule has 0 atom stereocenters. The third-order valence-electron chi connectivity index (χ3n) is 3.97. The van der Waals surface area contributed by atoms with Gasteiger partial charge in [0.25, 0.3) is 5.91 Å². The molecule has 0 bridgehead atoms. The second-order valence-corrected chi connectivity index (χ2v) is 6.06. The molecule has 0 aliphatic heterocycles. The summed E-state index contributed by atoms with van der Waals surface area (Å²) in [6, 6.07) is 16.5. The fraction of sp³-hybridized carbons (Fsp3) is 0.200. The van der Waals surface area contributed by atoms with E-state index in [1.54, 1.807) is 23.1 Å². The van der Waals surface area contributed by atoms with E-state index in [0.29, 0.717) is 31.5 Å². The number of amides is 2. The Morgan fingerprint density at radius 1 is 1.04 bits per heavy atom. The molecule has 0 radical (unpaired) electrons. The molecule has 2 aromatic carbocycles. The number of rotatable bonds is 8. The van der Waals surface area contributed by atoms with Gasteiger partial charge in [-0.1, -0.05) is 30.3 Å². The van der Waals surface area contributed by atoms with Crippen LogP contribution in [0.5, 0.6) is 0 Å². The molecule has 0 unspecified atom stereocenters. The zero-order chi connectivity index (χ0) is 18.9. The van der Waals surface area contributed by atoms with Crippen LogP contribution in [0.25, 0.3) is 0 Å². The van der Waals surface area contributed by atoms with Crippen molar-refractivity contribution in [1.29, 1.82) is 0 Å². The van der Waals surface area contributed by atoms with Crippen LogP contribution in [-0.4, -0.2) is 26.6 Å². The van der Waals surface area contributed by atoms with Crippen LogP contribution in [-0.2, 0) is 17.9 Å². The Balaban J connectivity index is 1.47. The Hall–Kier alpha value is -3.48. The van der Waals surface area contributed by atoms with E-state index in [9.17, 15) is 9.59 Å². The number of hydrogen-bond acceptors (Lipinski definition) is 4. The lowest BCUT2D eigenvalue weighted by molar-refractivity contribution is -0.121. The van der Waals surface area contributed by atoms with Crippen molar-refractivity contribution in [3.8, 4) is 0 Å². The lowest BCUT2D eigenvalue weighted by Crippen LogP contribution is -2.23. The van der Waals surface area contributed by atoms with Crippen LogP contribution in [0.2, 0.25) is 0 Å². The molecule has 0 aliphatic carbocycles. The Bertz CT molecular complexity index is 878. The highest BCUT2D eigenvalue weighted by atomic mass is 16.2. The van der Waals surface area contributed by atoms with Crippen LogP contribution in [0.1, 0.15) is 28.8 Å². The van der Waals surface area contributed by atoms with E-state index in [2.05, 4.69) is 20.7 Å². The summed E-state index contributed by atoms with van der Waals surface area (Å²) in [6.45, 7) is 1.04. The van der Waals surface area contributed by atoms with Crippen LogP contribution in [0.15, 0.2) is 67.3 Å². The maximum absolute atomic E-state index is 12.3. The third-order valence-corrected chi connectivity index (χ3v) is 3.97. The fourth-order valence-electron chi connectivity index (χ4n) is 2.59. The second kappa shape index (κ2) is 9.28. The van der Waals surface area contributed by atoms with Crippen LogP contribution in [0, 0.1) is 0 Å². The summed E-state index contributed by atoms with van der Waals surface area (Å²) in [7, 11) is 0. The zero-order valence-electron chi connectivity index (χ0n) is 14.8. The molecule has 1 aromatic heterocycles. The van der Waals surface area contributed by atoms with Gasteiger partial charge in [-0.3, -0.25) is 14.3 Å². The molecule has 2 amide bonds. The number of carbonyl (C=O) groups is 2. The van der Waals surface area contributed by atoms with Crippen molar-refractivity contribution in [2.24, 2.45) is 0 Å². The molecule has 2 N–H and O–H groups in total. The molecule has 3 rings (SSSR count). The molecule has 0 fully saturated rings. The number of anilines is 1. The Morgan fingerprint density at radius 3 is 2.67 bits per heavy atom. The summed E-state index contributed by atoms with van der Waals surface area (Å²) >= 11 is 0. The SMILES string of the molecule is O=C(CCCn1cncn1)NCc1cccc(C(=O)Nc2ccccc2)c1. The summed E-state index contributed by atoms with van der Waals surface area (Å²) in [5.41, 5.74) is 2.17. The highest BCUT2D eigenvalue weighted by Gasteiger charge is 2.08. The van der Waals surface area contributed by atoms with E-state index in [0.717, 1.165) is 11.3 Å².